The molecule has 1 aromatic rings. The van der Waals surface area contributed by atoms with Crippen molar-refractivity contribution in [3.8, 4) is 0 Å². The Kier molecular flexibility index (Phi) is 4.77. The molecule has 1 aliphatic rings. The second kappa shape index (κ2) is 6.34. The number of hydrogen-bond acceptors (Lipinski definition) is 2. The Morgan fingerprint density at radius 3 is 3.06 bits per heavy atom. The van der Waals surface area contributed by atoms with Gasteiger partial charge in [0.15, 0.2) is 0 Å². The Labute approximate surface area is 106 Å². The van der Waals surface area contributed by atoms with Crippen LogP contribution in [-0.4, -0.2) is 19.7 Å². The van der Waals surface area contributed by atoms with E-state index in [1.54, 1.807) is 12.1 Å². The Morgan fingerprint density at radius 2 is 2.35 bits per heavy atom. The minimum absolute atomic E-state index is 0.158. The monoisotopic (exact) mass is 257 g/mol. The number of benzene rings is 1. The van der Waals surface area contributed by atoms with Crippen LogP contribution in [0, 0.1) is 11.7 Å². The normalized spacial score (nSPS) is 19.8. The minimum atomic E-state index is -0.382. The molecule has 1 aromatic carbocycles. The van der Waals surface area contributed by atoms with Crippen LogP contribution in [0.1, 0.15) is 18.4 Å². The van der Waals surface area contributed by atoms with Crippen molar-refractivity contribution in [2.45, 2.75) is 19.4 Å². The van der Waals surface area contributed by atoms with E-state index >= 15 is 0 Å². The lowest BCUT2D eigenvalue weighted by Gasteiger charge is -2.09. The number of ether oxygens (including phenoxy) is 1. The SMILES string of the molecule is Fc1ccc(COCCC2CCNC2)cc1Cl. The van der Waals surface area contributed by atoms with Crippen LogP contribution in [0.5, 0.6) is 0 Å². The quantitative estimate of drug-likeness (QED) is 0.819. The maximum Gasteiger partial charge on any atom is 0.141 e. The predicted octanol–water partition coefficient (Wildman–Crippen LogP) is 3.00. The lowest BCUT2D eigenvalue weighted by Crippen LogP contribution is -2.10. The van der Waals surface area contributed by atoms with Crippen molar-refractivity contribution in [3.63, 3.8) is 0 Å². The molecule has 0 aromatic heterocycles. The molecule has 1 N–H and O–H groups in total. The highest BCUT2D eigenvalue weighted by atomic mass is 35.5. The molecular weight excluding hydrogens is 241 g/mol. The van der Waals surface area contributed by atoms with Crippen molar-refractivity contribution in [1.29, 1.82) is 0 Å². The van der Waals surface area contributed by atoms with Crippen molar-refractivity contribution in [2.24, 2.45) is 5.92 Å². The topological polar surface area (TPSA) is 21.3 Å². The number of hydrogen-bond donors (Lipinski definition) is 1. The molecule has 94 valence electrons. The summed E-state index contributed by atoms with van der Waals surface area (Å²) in [5.41, 5.74) is 0.918. The summed E-state index contributed by atoms with van der Waals surface area (Å²) >= 11 is 5.69. The van der Waals surface area contributed by atoms with Crippen LogP contribution < -0.4 is 5.32 Å². The first-order valence-electron chi connectivity index (χ1n) is 5.98. The molecule has 1 fully saturated rings. The zero-order chi connectivity index (χ0) is 12.1. The van der Waals surface area contributed by atoms with Crippen LogP contribution in [-0.2, 0) is 11.3 Å². The van der Waals surface area contributed by atoms with Crippen LogP contribution in [0.4, 0.5) is 4.39 Å². The van der Waals surface area contributed by atoms with Crippen molar-refractivity contribution in [3.05, 3.63) is 34.6 Å². The van der Waals surface area contributed by atoms with Crippen LogP contribution in [0.25, 0.3) is 0 Å². The van der Waals surface area contributed by atoms with Gasteiger partial charge in [0.05, 0.1) is 11.6 Å². The first kappa shape index (κ1) is 12.8. The minimum Gasteiger partial charge on any atom is -0.377 e. The zero-order valence-corrected chi connectivity index (χ0v) is 10.5. The molecule has 1 aliphatic heterocycles. The van der Waals surface area contributed by atoms with E-state index < -0.39 is 0 Å². The van der Waals surface area contributed by atoms with E-state index in [0.29, 0.717) is 6.61 Å². The van der Waals surface area contributed by atoms with Gasteiger partial charge in [-0.1, -0.05) is 17.7 Å². The van der Waals surface area contributed by atoms with E-state index in [-0.39, 0.29) is 10.8 Å². The highest BCUT2D eigenvalue weighted by Crippen LogP contribution is 2.17. The summed E-state index contributed by atoms with van der Waals surface area (Å²) < 4.78 is 18.5. The first-order valence-corrected chi connectivity index (χ1v) is 6.36. The van der Waals surface area contributed by atoms with Gasteiger partial charge < -0.3 is 10.1 Å². The standard InChI is InChI=1S/C13H17ClFNO/c14-12-7-11(1-2-13(12)15)9-17-6-4-10-3-5-16-8-10/h1-2,7,10,16H,3-6,8-9H2. The third-order valence-electron chi connectivity index (χ3n) is 3.09. The molecule has 0 saturated carbocycles. The fraction of sp³-hybridized carbons (Fsp3) is 0.538. The molecule has 1 saturated heterocycles. The Morgan fingerprint density at radius 1 is 1.47 bits per heavy atom. The molecule has 2 rings (SSSR count). The molecule has 1 unspecified atom stereocenters. The maximum atomic E-state index is 12.9. The van der Waals surface area contributed by atoms with Gasteiger partial charge in [0, 0.05) is 6.61 Å². The summed E-state index contributed by atoms with van der Waals surface area (Å²) in [6.45, 7) is 3.48. The number of nitrogens with one attached hydrogen (secondary N) is 1. The molecule has 0 aliphatic carbocycles. The average Bonchev–Trinajstić information content (AvgIpc) is 2.82. The highest BCUT2D eigenvalue weighted by Gasteiger charge is 2.13. The van der Waals surface area contributed by atoms with E-state index in [9.17, 15) is 4.39 Å². The maximum absolute atomic E-state index is 12.9. The fourth-order valence-corrected chi connectivity index (χ4v) is 2.23. The van der Waals surface area contributed by atoms with Crippen molar-refractivity contribution in [2.75, 3.05) is 19.7 Å². The molecule has 1 atom stereocenters. The third-order valence-corrected chi connectivity index (χ3v) is 3.38. The molecule has 0 spiro atoms. The molecule has 17 heavy (non-hydrogen) atoms. The van der Waals surface area contributed by atoms with Gasteiger partial charge in [-0.2, -0.15) is 0 Å². The molecule has 2 nitrogen and oxygen atoms in total. The number of halogens is 2. The summed E-state index contributed by atoms with van der Waals surface area (Å²) in [7, 11) is 0. The zero-order valence-electron chi connectivity index (χ0n) is 9.72. The molecule has 0 amide bonds. The van der Waals surface area contributed by atoms with Crippen LogP contribution in [0.15, 0.2) is 18.2 Å². The van der Waals surface area contributed by atoms with Crippen molar-refractivity contribution < 1.29 is 9.13 Å². The molecule has 1 heterocycles. The molecule has 0 radical (unpaired) electrons. The highest BCUT2D eigenvalue weighted by molar-refractivity contribution is 6.30. The summed E-state index contributed by atoms with van der Waals surface area (Å²) in [5.74, 6) is 0.360. The lowest BCUT2D eigenvalue weighted by atomic mass is 10.1. The van der Waals surface area contributed by atoms with Gasteiger partial charge in [-0.25, -0.2) is 4.39 Å². The van der Waals surface area contributed by atoms with Crippen molar-refractivity contribution >= 4 is 11.6 Å². The van der Waals surface area contributed by atoms with Gasteiger partial charge in [0.2, 0.25) is 0 Å². The van der Waals surface area contributed by atoms with E-state index in [1.165, 1.54) is 12.5 Å². The fourth-order valence-electron chi connectivity index (χ4n) is 2.03. The Bertz CT molecular complexity index is 366. The van der Waals surface area contributed by atoms with Gasteiger partial charge in [-0.15, -0.1) is 0 Å². The van der Waals surface area contributed by atoms with E-state index in [4.69, 9.17) is 16.3 Å². The lowest BCUT2D eigenvalue weighted by molar-refractivity contribution is 0.109. The van der Waals surface area contributed by atoms with Gasteiger partial charge in [0.25, 0.3) is 0 Å². The van der Waals surface area contributed by atoms with E-state index in [2.05, 4.69) is 5.32 Å². The summed E-state index contributed by atoms with van der Waals surface area (Å²) in [4.78, 5) is 0. The average molecular weight is 258 g/mol. The van der Waals surface area contributed by atoms with Gasteiger partial charge in [-0.3, -0.25) is 0 Å². The van der Waals surface area contributed by atoms with E-state index in [0.717, 1.165) is 37.6 Å². The van der Waals surface area contributed by atoms with Gasteiger partial charge in [-0.05, 0) is 49.5 Å². The summed E-state index contributed by atoms with van der Waals surface area (Å²) in [6, 6.07) is 4.70. The Hall–Kier alpha value is -0.640. The van der Waals surface area contributed by atoms with Crippen molar-refractivity contribution in [1.82, 2.24) is 5.32 Å². The Balaban J connectivity index is 1.68. The molecule has 4 heteroatoms. The van der Waals surface area contributed by atoms with Crippen LogP contribution >= 0.6 is 11.6 Å². The third kappa shape index (κ3) is 3.95. The number of rotatable bonds is 5. The van der Waals surface area contributed by atoms with Gasteiger partial charge in [0.1, 0.15) is 5.82 Å². The largest absolute Gasteiger partial charge is 0.377 e. The summed E-state index contributed by atoms with van der Waals surface area (Å²) in [6.07, 6.45) is 2.33. The molecular formula is C13H17ClFNO. The van der Waals surface area contributed by atoms with E-state index in [1.807, 2.05) is 0 Å². The second-order valence-corrected chi connectivity index (χ2v) is 4.86. The second-order valence-electron chi connectivity index (χ2n) is 4.45. The summed E-state index contributed by atoms with van der Waals surface area (Å²) in [5, 5.41) is 3.49. The van der Waals surface area contributed by atoms with Crippen LogP contribution in [0.3, 0.4) is 0 Å². The first-order chi connectivity index (χ1) is 8.25. The molecule has 0 bridgehead atoms. The smallest absolute Gasteiger partial charge is 0.141 e. The van der Waals surface area contributed by atoms with Crippen LogP contribution in [0.2, 0.25) is 5.02 Å². The predicted molar refractivity (Wildman–Crippen MR) is 66.7 cm³/mol. The van der Waals surface area contributed by atoms with Gasteiger partial charge >= 0.3 is 0 Å².